The van der Waals surface area contributed by atoms with E-state index in [1.807, 2.05) is 13.8 Å². The normalized spacial score (nSPS) is 24.5. The first-order chi connectivity index (χ1) is 10.7. The van der Waals surface area contributed by atoms with Crippen molar-refractivity contribution in [1.82, 2.24) is 0 Å². The van der Waals surface area contributed by atoms with E-state index in [0.29, 0.717) is 9.92 Å². The summed E-state index contributed by atoms with van der Waals surface area (Å²) in [6.45, 7) is 3.78. The van der Waals surface area contributed by atoms with Crippen LogP contribution in [0, 0.1) is 17.3 Å². The van der Waals surface area contributed by atoms with Gasteiger partial charge >= 0.3 is 11.9 Å². The summed E-state index contributed by atoms with van der Waals surface area (Å²) < 4.78 is 13.0. The van der Waals surface area contributed by atoms with Gasteiger partial charge in [-0.2, -0.15) is 0 Å². The summed E-state index contributed by atoms with van der Waals surface area (Å²) in [5.41, 5.74) is -1.88. The molecular formula is C16H19ClO5S. The van der Waals surface area contributed by atoms with Crippen LogP contribution >= 0.6 is 11.6 Å². The van der Waals surface area contributed by atoms with Crippen molar-refractivity contribution in [2.24, 2.45) is 17.3 Å². The Labute approximate surface area is 142 Å². The highest BCUT2D eigenvalue weighted by Gasteiger charge is 2.58. The van der Waals surface area contributed by atoms with Crippen LogP contribution in [0.15, 0.2) is 29.2 Å². The molecule has 2 rings (SSSR count). The molecule has 0 spiro atoms. The van der Waals surface area contributed by atoms with Gasteiger partial charge in [-0.25, -0.2) is 0 Å². The van der Waals surface area contributed by atoms with Gasteiger partial charge < -0.3 is 10.2 Å². The third-order valence-corrected chi connectivity index (χ3v) is 6.91. The molecule has 0 saturated heterocycles. The summed E-state index contributed by atoms with van der Waals surface area (Å²) >= 11 is 6.10. The molecule has 0 aromatic heterocycles. The minimum absolute atomic E-state index is 0.0177. The van der Waals surface area contributed by atoms with E-state index in [1.165, 1.54) is 0 Å². The van der Waals surface area contributed by atoms with E-state index in [-0.39, 0.29) is 24.7 Å². The summed E-state index contributed by atoms with van der Waals surface area (Å²) in [6.07, 6.45) is -0.172. The zero-order valence-corrected chi connectivity index (χ0v) is 14.4. The Hall–Kier alpha value is -1.40. The number of benzene rings is 1. The molecule has 0 heterocycles. The quantitative estimate of drug-likeness (QED) is 0.789. The molecule has 23 heavy (non-hydrogen) atoms. The fraction of sp³-hybridized carbons (Fsp3) is 0.500. The summed E-state index contributed by atoms with van der Waals surface area (Å²) in [7, 11) is -1.56. The Morgan fingerprint density at radius 1 is 1.22 bits per heavy atom. The minimum atomic E-state index is -1.88. The maximum atomic E-state index is 13.0. The average molecular weight is 359 g/mol. The molecule has 1 aliphatic rings. The van der Waals surface area contributed by atoms with Gasteiger partial charge in [0.05, 0.1) is 20.7 Å². The van der Waals surface area contributed by atoms with Gasteiger partial charge in [0.25, 0.3) is 0 Å². The van der Waals surface area contributed by atoms with Gasteiger partial charge in [0.15, 0.2) is 5.41 Å². The topological polar surface area (TPSA) is 91.7 Å². The van der Waals surface area contributed by atoms with Crippen LogP contribution in [-0.4, -0.2) is 31.6 Å². The first-order valence-corrected chi connectivity index (χ1v) is 8.91. The molecule has 2 N–H and O–H groups in total. The van der Waals surface area contributed by atoms with E-state index in [4.69, 9.17) is 11.6 Å². The van der Waals surface area contributed by atoms with E-state index < -0.39 is 33.4 Å². The lowest BCUT2D eigenvalue weighted by Crippen LogP contribution is -2.37. The lowest BCUT2D eigenvalue weighted by Gasteiger charge is -2.22. The summed E-state index contributed by atoms with van der Waals surface area (Å²) in [5.74, 6) is -2.98. The minimum Gasteiger partial charge on any atom is -0.480 e. The highest BCUT2D eigenvalue weighted by molar-refractivity contribution is 7.85. The number of halogens is 1. The third kappa shape index (κ3) is 3.15. The maximum absolute atomic E-state index is 13.0. The van der Waals surface area contributed by atoms with Gasteiger partial charge in [-0.05, 0) is 36.8 Å². The van der Waals surface area contributed by atoms with Crippen molar-refractivity contribution in [3.8, 4) is 0 Å². The van der Waals surface area contributed by atoms with Crippen LogP contribution < -0.4 is 0 Å². The Morgan fingerprint density at radius 3 is 2.26 bits per heavy atom. The van der Waals surface area contributed by atoms with Crippen LogP contribution in [0.3, 0.4) is 0 Å². The van der Waals surface area contributed by atoms with Crippen LogP contribution in [0.2, 0.25) is 5.02 Å². The Bertz CT molecular complexity index is 644. The highest BCUT2D eigenvalue weighted by atomic mass is 35.5. The van der Waals surface area contributed by atoms with Gasteiger partial charge in [-0.3, -0.25) is 13.8 Å². The molecule has 1 aromatic carbocycles. The Balaban J connectivity index is 2.44. The number of hydrogen-bond donors (Lipinski definition) is 2. The van der Waals surface area contributed by atoms with Crippen molar-refractivity contribution in [2.75, 3.05) is 0 Å². The number of aliphatic carboxylic acids is 2. The predicted octanol–water partition coefficient (Wildman–Crippen LogP) is 3.04. The molecule has 1 aliphatic carbocycles. The van der Waals surface area contributed by atoms with Crippen LogP contribution in [-0.2, 0) is 20.4 Å². The molecular weight excluding hydrogens is 340 g/mol. The molecule has 0 radical (unpaired) electrons. The first-order valence-electron chi connectivity index (χ1n) is 7.32. The van der Waals surface area contributed by atoms with Crippen LogP contribution in [0.4, 0.5) is 0 Å². The fourth-order valence-electron chi connectivity index (χ4n) is 3.22. The van der Waals surface area contributed by atoms with Gasteiger partial charge in [-0.1, -0.05) is 37.6 Å². The van der Waals surface area contributed by atoms with E-state index in [1.54, 1.807) is 24.3 Å². The van der Waals surface area contributed by atoms with Crippen molar-refractivity contribution >= 4 is 34.3 Å². The number of hydrogen-bond acceptors (Lipinski definition) is 3. The third-order valence-electron chi connectivity index (χ3n) is 4.61. The monoisotopic (exact) mass is 358 g/mol. The second-order valence-corrected chi connectivity index (χ2v) is 8.32. The molecule has 0 amide bonds. The van der Waals surface area contributed by atoms with Crippen molar-refractivity contribution in [3.63, 3.8) is 0 Å². The number of carbonyl (C=O) groups is 2. The van der Waals surface area contributed by atoms with Gasteiger partial charge in [0.2, 0.25) is 0 Å². The lowest BCUT2D eigenvalue weighted by atomic mass is 9.83. The molecule has 1 fully saturated rings. The van der Waals surface area contributed by atoms with Crippen molar-refractivity contribution < 1.29 is 24.0 Å². The second-order valence-electron chi connectivity index (χ2n) is 6.27. The summed E-state index contributed by atoms with van der Waals surface area (Å²) in [5, 5.41) is 18.7. The molecule has 3 atom stereocenters. The molecule has 5 nitrogen and oxygen atoms in total. The standard InChI is InChI=1S/C16H19ClO5S/c1-9(2)10-7-16(14(18)19,15(20)21)8-13(10)23(22)12-6-4-3-5-11(12)17/h3-6,9-10,13H,7-8H2,1-2H3,(H,18,19)(H,20,21)/t10-,13-,23?/m0/s1. The molecule has 0 bridgehead atoms. The zero-order valence-electron chi connectivity index (χ0n) is 12.9. The maximum Gasteiger partial charge on any atom is 0.321 e. The first kappa shape index (κ1) is 17.9. The fourth-order valence-corrected chi connectivity index (χ4v) is 5.55. The van der Waals surface area contributed by atoms with E-state index >= 15 is 0 Å². The van der Waals surface area contributed by atoms with Crippen LogP contribution in [0.1, 0.15) is 26.7 Å². The van der Waals surface area contributed by atoms with Gasteiger partial charge in [0, 0.05) is 5.25 Å². The molecule has 1 aromatic rings. The molecule has 1 unspecified atom stereocenters. The average Bonchev–Trinajstić information content (AvgIpc) is 2.89. The van der Waals surface area contributed by atoms with E-state index in [9.17, 15) is 24.0 Å². The van der Waals surface area contributed by atoms with E-state index in [2.05, 4.69) is 0 Å². The predicted molar refractivity (Wildman–Crippen MR) is 86.9 cm³/mol. The Kier molecular flexibility index (Phi) is 5.16. The zero-order chi connectivity index (χ0) is 17.4. The molecule has 0 aliphatic heterocycles. The molecule has 7 heteroatoms. The highest BCUT2D eigenvalue weighted by Crippen LogP contribution is 2.49. The van der Waals surface area contributed by atoms with Gasteiger partial charge in [-0.15, -0.1) is 0 Å². The second kappa shape index (κ2) is 6.61. The SMILES string of the molecule is CC(C)[C@@H]1CC(C(=O)O)(C(=O)O)C[C@@H]1S(=O)c1ccccc1Cl. The number of carboxylic acids is 2. The molecule has 126 valence electrons. The lowest BCUT2D eigenvalue weighted by molar-refractivity contribution is -0.164. The summed E-state index contributed by atoms with van der Waals surface area (Å²) in [4.78, 5) is 23.6. The largest absolute Gasteiger partial charge is 0.480 e. The van der Waals surface area contributed by atoms with Crippen molar-refractivity contribution in [2.45, 2.75) is 36.8 Å². The van der Waals surface area contributed by atoms with Crippen molar-refractivity contribution in [3.05, 3.63) is 29.3 Å². The van der Waals surface area contributed by atoms with Crippen LogP contribution in [0.25, 0.3) is 0 Å². The molecule has 1 saturated carbocycles. The summed E-state index contributed by atoms with van der Waals surface area (Å²) in [6, 6.07) is 6.68. The van der Waals surface area contributed by atoms with Crippen molar-refractivity contribution in [1.29, 1.82) is 0 Å². The smallest absolute Gasteiger partial charge is 0.321 e. The Morgan fingerprint density at radius 2 is 1.78 bits per heavy atom. The van der Waals surface area contributed by atoms with Gasteiger partial charge in [0.1, 0.15) is 0 Å². The number of carboxylic acid groups (broad SMARTS) is 2. The van der Waals surface area contributed by atoms with Crippen LogP contribution in [0.5, 0.6) is 0 Å². The van der Waals surface area contributed by atoms with E-state index in [0.717, 1.165) is 0 Å². The number of rotatable bonds is 5.